The third kappa shape index (κ3) is 2.98. The molecule has 0 radical (unpaired) electrons. The second-order valence-electron chi connectivity index (χ2n) is 4.41. The number of ether oxygens (including phenoxy) is 1. The van der Waals surface area contributed by atoms with Gasteiger partial charge in [0.1, 0.15) is 11.8 Å². The van der Waals surface area contributed by atoms with Gasteiger partial charge in [-0.05, 0) is 46.3 Å². The third-order valence-corrected chi connectivity index (χ3v) is 3.60. The molecule has 5 nitrogen and oxygen atoms in total. The lowest BCUT2D eigenvalue weighted by Crippen LogP contribution is -2.17. The molecule has 0 fully saturated rings. The van der Waals surface area contributed by atoms with E-state index in [-0.39, 0.29) is 11.4 Å². The number of nitrogens with zero attached hydrogens (tertiary/aromatic N) is 4. The van der Waals surface area contributed by atoms with Crippen LogP contribution in [0.5, 0.6) is 5.75 Å². The fourth-order valence-electron chi connectivity index (χ4n) is 2.05. The normalized spacial score (nSPS) is 11.4. The van der Waals surface area contributed by atoms with Crippen molar-refractivity contribution in [2.45, 2.75) is 6.36 Å². The Labute approximate surface area is 136 Å². The quantitative estimate of drug-likeness (QED) is 0.672. The summed E-state index contributed by atoms with van der Waals surface area (Å²) in [6.07, 6.45) is -3.22. The van der Waals surface area contributed by atoms with Crippen LogP contribution in [0.15, 0.2) is 41.0 Å². The number of rotatable bonds is 2. The first-order valence-corrected chi connectivity index (χ1v) is 6.98. The average molecular weight is 383 g/mol. The highest BCUT2D eigenvalue weighted by Gasteiger charge is 2.31. The van der Waals surface area contributed by atoms with Crippen LogP contribution >= 0.6 is 15.9 Å². The summed E-state index contributed by atoms with van der Waals surface area (Å²) in [5.74, 6) is -0.340. The van der Waals surface area contributed by atoms with Crippen LogP contribution < -0.4 is 4.74 Å². The van der Waals surface area contributed by atoms with Crippen molar-refractivity contribution in [3.05, 3.63) is 46.7 Å². The predicted octanol–water partition coefficient (Wildman–Crippen LogP) is 3.95. The Morgan fingerprint density at radius 1 is 1.17 bits per heavy atom. The Hall–Kier alpha value is -2.60. The topological polar surface area (TPSA) is 63.7 Å². The van der Waals surface area contributed by atoms with E-state index in [1.165, 1.54) is 35.1 Å². The molecule has 0 unspecified atom stereocenters. The highest BCUT2D eigenvalue weighted by atomic mass is 79.9. The fourth-order valence-corrected chi connectivity index (χ4v) is 2.54. The van der Waals surface area contributed by atoms with Gasteiger partial charge in [0.15, 0.2) is 11.3 Å². The van der Waals surface area contributed by atoms with Crippen molar-refractivity contribution < 1.29 is 17.9 Å². The average Bonchev–Trinajstić information content (AvgIpc) is 2.87. The molecule has 0 aliphatic carbocycles. The Bertz CT molecular complexity index is 913. The number of alkyl halides is 3. The Morgan fingerprint density at radius 2 is 1.87 bits per heavy atom. The van der Waals surface area contributed by atoms with E-state index in [9.17, 15) is 18.4 Å². The fraction of sp³-hybridized carbons (Fsp3) is 0.0714. The molecular formula is C14H6BrF3N4O. The molecular weight excluding hydrogens is 377 g/mol. The molecule has 2 heterocycles. The number of halogens is 4. The summed E-state index contributed by atoms with van der Waals surface area (Å²) in [5, 5.41) is 13.8. The van der Waals surface area contributed by atoms with Crippen LogP contribution in [0.1, 0.15) is 5.69 Å². The van der Waals surface area contributed by atoms with E-state index in [0.717, 1.165) is 0 Å². The number of hydrogen-bond donors (Lipinski definition) is 0. The molecule has 0 aliphatic heterocycles. The molecule has 0 atom stereocenters. The van der Waals surface area contributed by atoms with Crippen LogP contribution in [0.2, 0.25) is 0 Å². The Morgan fingerprint density at radius 3 is 2.48 bits per heavy atom. The minimum Gasteiger partial charge on any atom is -0.406 e. The summed E-state index contributed by atoms with van der Waals surface area (Å²) in [7, 11) is 0. The molecule has 3 aromatic rings. The molecule has 9 heteroatoms. The van der Waals surface area contributed by atoms with Crippen molar-refractivity contribution in [3.63, 3.8) is 0 Å². The second kappa shape index (κ2) is 5.55. The van der Waals surface area contributed by atoms with Gasteiger partial charge in [-0.1, -0.05) is 0 Å². The van der Waals surface area contributed by atoms with Crippen LogP contribution in [0.4, 0.5) is 13.2 Å². The number of pyridine rings is 1. The third-order valence-electron chi connectivity index (χ3n) is 2.94. The Balaban J connectivity index is 2.08. The standard InChI is InChI=1S/C14H6BrF3N4O/c15-10-5-6-20-13-12(10)11(7-19)21-22(13)8-1-3-9(4-2-8)23-14(16,17)18/h1-6H. The van der Waals surface area contributed by atoms with Gasteiger partial charge in [-0.15, -0.1) is 13.2 Å². The van der Waals surface area contributed by atoms with Gasteiger partial charge >= 0.3 is 6.36 Å². The molecule has 0 spiro atoms. The van der Waals surface area contributed by atoms with E-state index in [4.69, 9.17) is 0 Å². The van der Waals surface area contributed by atoms with E-state index in [2.05, 4.69) is 30.7 Å². The maximum Gasteiger partial charge on any atom is 0.573 e. The zero-order chi connectivity index (χ0) is 16.6. The molecule has 2 aromatic heterocycles. The van der Waals surface area contributed by atoms with Crippen LogP contribution in [0.25, 0.3) is 16.7 Å². The Kier molecular flexibility index (Phi) is 3.69. The van der Waals surface area contributed by atoms with E-state index < -0.39 is 6.36 Å². The summed E-state index contributed by atoms with van der Waals surface area (Å²) in [6, 6.07) is 8.78. The van der Waals surface area contributed by atoms with Crippen LogP contribution in [-0.2, 0) is 0 Å². The zero-order valence-electron chi connectivity index (χ0n) is 11.2. The molecule has 0 aliphatic rings. The lowest BCUT2D eigenvalue weighted by Gasteiger charge is -2.09. The van der Waals surface area contributed by atoms with Gasteiger partial charge in [-0.3, -0.25) is 0 Å². The van der Waals surface area contributed by atoms with E-state index in [0.29, 0.717) is 21.2 Å². The number of aromatic nitrogens is 3. The highest BCUT2D eigenvalue weighted by molar-refractivity contribution is 9.10. The smallest absolute Gasteiger partial charge is 0.406 e. The van der Waals surface area contributed by atoms with Gasteiger partial charge in [0.2, 0.25) is 0 Å². The van der Waals surface area contributed by atoms with Crippen molar-refractivity contribution in [1.82, 2.24) is 14.8 Å². The maximum atomic E-state index is 12.2. The lowest BCUT2D eigenvalue weighted by molar-refractivity contribution is -0.274. The summed E-state index contributed by atoms with van der Waals surface area (Å²) in [5.41, 5.74) is 1.03. The minimum atomic E-state index is -4.75. The number of fused-ring (bicyclic) bond motifs is 1. The first-order chi connectivity index (χ1) is 10.9. The molecule has 0 saturated carbocycles. The molecule has 1 aromatic carbocycles. The van der Waals surface area contributed by atoms with E-state index in [1.807, 2.05) is 6.07 Å². The number of benzene rings is 1. The molecule has 116 valence electrons. The maximum absolute atomic E-state index is 12.2. The molecule has 3 rings (SSSR count). The predicted molar refractivity (Wildman–Crippen MR) is 78.0 cm³/mol. The summed E-state index contributed by atoms with van der Waals surface area (Å²) in [4.78, 5) is 4.18. The van der Waals surface area contributed by atoms with Crippen molar-refractivity contribution in [1.29, 1.82) is 5.26 Å². The SMILES string of the molecule is N#Cc1nn(-c2ccc(OC(F)(F)F)cc2)c2nccc(Br)c12. The van der Waals surface area contributed by atoms with Gasteiger partial charge in [0.05, 0.1) is 11.1 Å². The summed E-state index contributed by atoms with van der Waals surface area (Å²) >= 11 is 3.33. The molecule has 0 amide bonds. The van der Waals surface area contributed by atoms with Crippen molar-refractivity contribution in [3.8, 4) is 17.5 Å². The summed E-state index contributed by atoms with van der Waals surface area (Å²) in [6.45, 7) is 0. The summed E-state index contributed by atoms with van der Waals surface area (Å²) < 4.78 is 42.4. The zero-order valence-corrected chi connectivity index (χ0v) is 12.8. The molecule has 23 heavy (non-hydrogen) atoms. The molecule has 0 N–H and O–H groups in total. The first kappa shape index (κ1) is 15.3. The van der Waals surface area contributed by atoms with Gasteiger partial charge in [-0.25, -0.2) is 9.67 Å². The first-order valence-electron chi connectivity index (χ1n) is 6.18. The van der Waals surface area contributed by atoms with Gasteiger partial charge in [0.25, 0.3) is 0 Å². The monoisotopic (exact) mass is 382 g/mol. The molecule has 0 bridgehead atoms. The van der Waals surface area contributed by atoms with Crippen molar-refractivity contribution in [2.75, 3.05) is 0 Å². The number of hydrogen-bond acceptors (Lipinski definition) is 4. The lowest BCUT2D eigenvalue weighted by atomic mass is 10.2. The second-order valence-corrected chi connectivity index (χ2v) is 5.26. The minimum absolute atomic E-state index is 0.163. The number of nitriles is 1. The van der Waals surface area contributed by atoms with Crippen molar-refractivity contribution >= 4 is 27.0 Å². The van der Waals surface area contributed by atoms with Crippen LogP contribution in [0, 0.1) is 11.3 Å². The van der Waals surface area contributed by atoms with Gasteiger partial charge < -0.3 is 4.74 Å². The van der Waals surface area contributed by atoms with E-state index >= 15 is 0 Å². The van der Waals surface area contributed by atoms with Crippen molar-refractivity contribution in [2.24, 2.45) is 0 Å². The van der Waals surface area contributed by atoms with Gasteiger partial charge in [-0.2, -0.15) is 10.4 Å². The molecule has 0 saturated heterocycles. The largest absolute Gasteiger partial charge is 0.573 e. The van der Waals surface area contributed by atoms with E-state index in [1.54, 1.807) is 6.07 Å². The van der Waals surface area contributed by atoms with Gasteiger partial charge in [0, 0.05) is 10.7 Å². The van der Waals surface area contributed by atoms with Crippen LogP contribution in [0.3, 0.4) is 0 Å². The highest BCUT2D eigenvalue weighted by Crippen LogP contribution is 2.28. The van der Waals surface area contributed by atoms with Crippen LogP contribution in [-0.4, -0.2) is 21.1 Å².